The van der Waals surface area contributed by atoms with Gasteiger partial charge in [0.05, 0.1) is 6.04 Å². The van der Waals surface area contributed by atoms with Gasteiger partial charge in [-0.15, -0.1) is 12.4 Å². The lowest BCUT2D eigenvalue weighted by atomic mass is 9.90. The number of nitrogens with two attached hydrogens (primary N) is 1. The SMILES string of the molecule is Cl.N[C@@H](Cc1ccccc1)C(=O)N1CCC(Cc2cccc(F)c2)CC1. The molecule has 0 spiro atoms. The summed E-state index contributed by atoms with van der Waals surface area (Å²) < 4.78 is 13.3. The fraction of sp³-hybridized carbons (Fsp3) is 0.381. The second-order valence-electron chi connectivity index (χ2n) is 6.90. The summed E-state index contributed by atoms with van der Waals surface area (Å²) in [6, 6.07) is 16.2. The smallest absolute Gasteiger partial charge is 0.239 e. The molecule has 1 fully saturated rings. The third-order valence-electron chi connectivity index (χ3n) is 4.96. The highest BCUT2D eigenvalue weighted by Crippen LogP contribution is 2.22. The fourth-order valence-corrected chi connectivity index (χ4v) is 3.54. The number of amides is 1. The predicted octanol–water partition coefficient (Wildman–Crippen LogP) is 3.60. The van der Waals surface area contributed by atoms with Crippen molar-refractivity contribution in [2.75, 3.05) is 13.1 Å². The molecule has 1 saturated heterocycles. The number of piperidine rings is 1. The lowest BCUT2D eigenvalue weighted by Gasteiger charge is -2.33. The van der Waals surface area contributed by atoms with Gasteiger partial charge in [-0.1, -0.05) is 42.5 Å². The Labute approximate surface area is 160 Å². The van der Waals surface area contributed by atoms with Gasteiger partial charge < -0.3 is 10.6 Å². The standard InChI is InChI=1S/C21H25FN2O.ClH/c22-19-8-4-7-18(14-19)13-17-9-11-24(12-10-17)21(25)20(23)15-16-5-2-1-3-6-16;/h1-8,14,17,20H,9-13,15,23H2;1H/t20-;/m0./s1. The molecule has 3 nitrogen and oxygen atoms in total. The minimum absolute atomic E-state index is 0. The van der Waals surface area contributed by atoms with Crippen LogP contribution in [-0.2, 0) is 17.6 Å². The van der Waals surface area contributed by atoms with Crippen LogP contribution in [0.2, 0.25) is 0 Å². The van der Waals surface area contributed by atoms with E-state index in [1.54, 1.807) is 12.1 Å². The Kier molecular flexibility index (Phi) is 7.61. The summed E-state index contributed by atoms with van der Waals surface area (Å²) in [4.78, 5) is 14.4. The number of hydrogen-bond acceptors (Lipinski definition) is 2. The summed E-state index contributed by atoms with van der Waals surface area (Å²) in [7, 11) is 0. The Morgan fingerprint density at radius 3 is 2.38 bits per heavy atom. The Hall–Kier alpha value is -1.91. The van der Waals surface area contributed by atoms with Gasteiger partial charge in [0.25, 0.3) is 0 Å². The van der Waals surface area contributed by atoms with Gasteiger partial charge in [0.2, 0.25) is 5.91 Å². The fourth-order valence-electron chi connectivity index (χ4n) is 3.54. The maximum atomic E-state index is 13.3. The van der Waals surface area contributed by atoms with Crippen molar-refractivity contribution >= 4 is 18.3 Å². The van der Waals surface area contributed by atoms with Crippen molar-refractivity contribution in [1.82, 2.24) is 4.90 Å². The van der Waals surface area contributed by atoms with Crippen molar-refractivity contribution in [3.05, 3.63) is 71.5 Å². The topological polar surface area (TPSA) is 46.3 Å². The van der Waals surface area contributed by atoms with Crippen molar-refractivity contribution in [2.24, 2.45) is 11.7 Å². The van der Waals surface area contributed by atoms with Crippen molar-refractivity contribution in [1.29, 1.82) is 0 Å². The molecule has 0 aliphatic carbocycles. The number of likely N-dealkylation sites (tertiary alicyclic amines) is 1. The van der Waals surface area contributed by atoms with Crippen LogP contribution in [0.1, 0.15) is 24.0 Å². The molecule has 0 unspecified atom stereocenters. The van der Waals surface area contributed by atoms with E-state index in [0.717, 1.165) is 43.5 Å². The summed E-state index contributed by atoms with van der Waals surface area (Å²) in [5.41, 5.74) is 8.24. The van der Waals surface area contributed by atoms with Gasteiger partial charge in [0.1, 0.15) is 5.82 Å². The van der Waals surface area contributed by atoms with Gasteiger partial charge in [-0.2, -0.15) is 0 Å². The van der Waals surface area contributed by atoms with Crippen LogP contribution in [0.15, 0.2) is 54.6 Å². The van der Waals surface area contributed by atoms with E-state index in [9.17, 15) is 9.18 Å². The highest BCUT2D eigenvalue weighted by atomic mass is 35.5. The van der Waals surface area contributed by atoms with Gasteiger partial charge in [-0.25, -0.2) is 4.39 Å². The molecule has 1 atom stereocenters. The Balaban J connectivity index is 0.00000243. The first kappa shape index (κ1) is 20.4. The van der Waals surface area contributed by atoms with Gasteiger partial charge in [0.15, 0.2) is 0 Å². The lowest BCUT2D eigenvalue weighted by molar-refractivity contribution is -0.133. The first-order valence-corrected chi connectivity index (χ1v) is 8.94. The van der Waals surface area contributed by atoms with E-state index in [2.05, 4.69) is 0 Å². The molecule has 1 aliphatic rings. The zero-order valence-corrected chi connectivity index (χ0v) is 15.6. The molecule has 1 heterocycles. The highest BCUT2D eigenvalue weighted by Gasteiger charge is 2.26. The van der Waals surface area contributed by atoms with E-state index < -0.39 is 6.04 Å². The van der Waals surface area contributed by atoms with E-state index in [0.29, 0.717) is 12.3 Å². The van der Waals surface area contributed by atoms with E-state index in [1.165, 1.54) is 6.07 Å². The summed E-state index contributed by atoms with van der Waals surface area (Å²) in [6.07, 6.45) is 3.33. The highest BCUT2D eigenvalue weighted by molar-refractivity contribution is 5.85. The minimum atomic E-state index is -0.484. The Morgan fingerprint density at radius 2 is 1.73 bits per heavy atom. The molecule has 26 heavy (non-hydrogen) atoms. The molecular formula is C21H26ClFN2O. The molecule has 140 valence electrons. The molecule has 0 aromatic heterocycles. The minimum Gasteiger partial charge on any atom is -0.341 e. The third-order valence-corrected chi connectivity index (χ3v) is 4.96. The summed E-state index contributed by atoms with van der Waals surface area (Å²) >= 11 is 0. The van der Waals surface area contributed by atoms with Crippen molar-refractivity contribution in [2.45, 2.75) is 31.7 Å². The maximum absolute atomic E-state index is 13.3. The number of halogens is 2. The lowest BCUT2D eigenvalue weighted by Crippen LogP contribution is -2.48. The molecule has 1 aliphatic heterocycles. The molecule has 2 aromatic carbocycles. The number of carbonyl (C=O) groups excluding carboxylic acids is 1. The van der Waals surface area contributed by atoms with Crippen molar-refractivity contribution in [3.63, 3.8) is 0 Å². The average Bonchev–Trinajstić information content (AvgIpc) is 2.62. The third kappa shape index (κ3) is 5.55. The molecule has 0 saturated carbocycles. The van der Waals surface area contributed by atoms with Gasteiger partial charge in [-0.05, 0) is 54.9 Å². The predicted molar refractivity (Wildman–Crippen MR) is 105 cm³/mol. The summed E-state index contributed by atoms with van der Waals surface area (Å²) in [5.74, 6) is 0.348. The van der Waals surface area contributed by atoms with E-state index >= 15 is 0 Å². The summed E-state index contributed by atoms with van der Waals surface area (Å²) in [6.45, 7) is 1.47. The molecule has 3 rings (SSSR count). The molecule has 2 aromatic rings. The van der Waals surface area contributed by atoms with Crippen LogP contribution < -0.4 is 5.73 Å². The second kappa shape index (κ2) is 9.70. The van der Waals surface area contributed by atoms with Crippen LogP contribution in [-0.4, -0.2) is 29.9 Å². The second-order valence-corrected chi connectivity index (χ2v) is 6.90. The zero-order valence-electron chi connectivity index (χ0n) is 14.8. The monoisotopic (exact) mass is 376 g/mol. The first-order chi connectivity index (χ1) is 12.1. The summed E-state index contributed by atoms with van der Waals surface area (Å²) in [5, 5.41) is 0. The van der Waals surface area contributed by atoms with Crippen LogP contribution in [0.3, 0.4) is 0 Å². The van der Waals surface area contributed by atoms with E-state index in [-0.39, 0.29) is 24.1 Å². The largest absolute Gasteiger partial charge is 0.341 e. The van der Waals surface area contributed by atoms with Crippen LogP contribution >= 0.6 is 12.4 Å². The van der Waals surface area contributed by atoms with Gasteiger partial charge in [-0.3, -0.25) is 4.79 Å². The quantitative estimate of drug-likeness (QED) is 0.866. The first-order valence-electron chi connectivity index (χ1n) is 8.94. The van der Waals surface area contributed by atoms with Gasteiger partial charge in [0, 0.05) is 13.1 Å². The molecule has 1 amide bonds. The van der Waals surface area contributed by atoms with E-state index in [1.807, 2.05) is 41.3 Å². The molecule has 0 bridgehead atoms. The number of hydrogen-bond donors (Lipinski definition) is 1. The average molecular weight is 377 g/mol. The zero-order chi connectivity index (χ0) is 17.6. The normalized spacial score (nSPS) is 16.0. The van der Waals surface area contributed by atoms with Crippen LogP contribution in [0, 0.1) is 11.7 Å². The molecular weight excluding hydrogens is 351 g/mol. The molecule has 5 heteroatoms. The van der Waals surface area contributed by atoms with Gasteiger partial charge >= 0.3 is 0 Å². The molecule has 2 N–H and O–H groups in total. The Bertz CT molecular complexity index is 702. The number of benzene rings is 2. The molecule has 0 radical (unpaired) electrons. The van der Waals surface area contributed by atoms with Crippen LogP contribution in [0.5, 0.6) is 0 Å². The van der Waals surface area contributed by atoms with Crippen LogP contribution in [0.25, 0.3) is 0 Å². The number of carbonyl (C=O) groups is 1. The van der Waals surface area contributed by atoms with Crippen LogP contribution in [0.4, 0.5) is 4.39 Å². The van der Waals surface area contributed by atoms with Crippen molar-refractivity contribution in [3.8, 4) is 0 Å². The number of nitrogens with zero attached hydrogens (tertiary/aromatic N) is 1. The van der Waals surface area contributed by atoms with Crippen molar-refractivity contribution < 1.29 is 9.18 Å². The maximum Gasteiger partial charge on any atom is 0.239 e. The Morgan fingerprint density at radius 1 is 1.08 bits per heavy atom. The van der Waals surface area contributed by atoms with E-state index in [4.69, 9.17) is 5.73 Å². The number of rotatable bonds is 5.